The van der Waals surface area contributed by atoms with Crippen LogP contribution in [0.5, 0.6) is 5.75 Å². The van der Waals surface area contributed by atoms with Gasteiger partial charge in [-0.05, 0) is 36.1 Å². The second kappa shape index (κ2) is 9.05. The van der Waals surface area contributed by atoms with E-state index in [9.17, 15) is 0 Å². The molecule has 0 heterocycles. The van der Waals surface area contributed by atoms with Crippen molar-refractivity contribution in [1.82, 2.24) is 0 Å². The van der Waals surface area contributed by atoms with Crippen LogP contribution in [0.1, 0.15) is 23.7 Å². The zero-order chi connectivity index (χ0) is 14.9. The van der Waals surface area contributed by atoms with E-state index in [0.717, 1.165) is 29.6 Å². The van der Waals surface area contributed by atoms with Crippen LogP contribution in [0.2, 0.25) is 0 Å². The molecule has 0 aromatic heterocycles. The SMILES string of the molecule is COc1ccc(C(CI)OCCCc2ccccc2)cc1. The fourth-order valence-electron chi connectivity index (χ4n) is 2.19. The lowest BCUT2D eigenvalue weighted by Crippen LogP contribution is -2.07. The molecule has 0 bridgehead atoms. The van der Waals surface area contributed by atoms with E-state index in [0.29, 0.717) is 0 Å². The van der Waals surface area contributed by atoms with Crippen molar-refractivity contribution in [2.75, 3.05) is 18.1 Å². The van der Waals surface area contributed by atoms with E-state index in [1.165, 1.54) is 11.1 Å². The van der Waals surface area contributed by atoms with Crippen molar-refractivity contribution in [2.24, 2.45) is 0 Å². The Morgan fingerprint density at radius 1 is 1.00 bits per heavy atom. The summed E-state index contributed by atoms with van der Waals surface area (Å²) >= 11 is 2.38. The monoisotopic (exact) mass is 396 g/mol. The maximum atomic E-state index is 6.02. The average Bonchev–Trinajstić information content (AvgIpc) is 2.56. The standard InChI is InChI=1S/C18H21IO2/c1-20-17-11-9-16(10-12-17)18(14-19)21-13-5-8-15-6-3-2-4-7-15/h2-4,6-7,9-12,18H,5,8,13-14H2,1H3. The van der Waals surface area contributed by atoms with Gasteiger partial charge in [0.25, 0.3) is 0 Å². The molecule has 0 radical (unpaired) electrons. The maximum absolute atomic E-state index is 6.02. The molecule has 0 fully saturated rings. The molecule has 0 saturated carbocycles. The van der Waals surface area contributed by atoms with Gasteiger partial charge in [0.1, 0.15) is 5.75 Å². The number of hydrogen-bond acceptors (Lipinski definition) is 2. The van der Waals surface area contributed by atoms with Gasteiger partial charge in [-0.1, -0.05) is 65.1 Å². The zero-order valence-electron chi connectivity index (χ0n) is 12.3. The molecular weight excluding hydrogens is 375 g/mol. The van der Waals surface area contributed by atoms with Crippen molar-refractivity contribution in [1.29, 1.82) is 0 Å². The van der Waals surface area contributed by atoms with Crippen LogP contribution < -0.4 is 4.74 Å². The van der Waals surface area contributed by atoms with Gasteiger partial charge in [-0.2, -0.15) is 0 Å². The largest absolute Gasteiger partial charge is 0.497 e. The van der Waals surface area contributed by atoms with Gasteiger partial charge in [0.15, 0.2) is 0 Å². The van der Waals surface area contributed by atoms with Crippen molar-refractivity contribution in [3.63, 3.8) is 0 Å². The molecule has 112 valence electrons. The highest BCUT2D eigenvalue weighted by atomic mass is 127. The number of hydrogen-bond donors (Lipinski definition) is 0. The van der Waals surface area contributed by atoms with Crippen LogP contribution in [-0.4, -0.2) is 18.1 Å². The molecule has 0 aliphatic rings. The maximum Gasteiger partial charge on any atom is 0.118 e. The molecule has 0 saturated heterocycles. The number of ether oxygens (including phenoxy) is 2. The number of benzene rings is 2. The second-order valence-electron chi connectivity index (χ2n) is 4.88. The highest BCUT2D eigenvalue weighted by Gasteiger charge is 2.10. The Hall–Kier alpha value is -1.07. The summed E-state index contributed by atoms with van der Waals surface area (Å²) in [5.41, 5.74) is 2.58. The van der Waals surface area contributed by atoms with Crippen LogP contribution in [0.3, 0.4) is 0 Å². The van der Waals surface area contributed by atoms with Gasteiger partial charge < -0.3 is 9.47 Å². The van der Waals surface area contributed by atoms with Crippen LogP contribution in [0, 0.1) is 0 Å². The van der Waals surface area contributed by atoms with E-state index in [-0.39, 0.29) is 6.10 Å². The summed E-state index contributed by atoms with van der Waals surface area (Å²) in [4.78, 5) is 0. The lowest BCUT2D eigenvalue weighted by Gasteiger charge is -2.16. The Morgan fingerprint density at radius 2 is 1.71 bits per heavy atom. The second-order valence-corrected chi connectivity index (χ2v) is 5.76. The van der Waals surface area contributed by atoms with E-state index >= 15 is 0 Å². The van der Waals surface area contributed by atoms with Gasteiger partial charge in [0.05, 0.1) is 13.2 Å². The van der Waals surface area contributed by atoms with Gasteiger partial charge in [0, 0.05) is 11.0 Å². The van der Waals surface area contributed by atoms with E-state index in [2.05, 4.69) is 65.1 Å². The topological polar surface area (TPSA) is 18.5 Å². The van der Waals surface area contributed by atoms with E-state index in [1.807, 2.05) is 12.1 Å². The highest BCUT2D eigenvalue weighted by molar-refractivity contribution is 14.1. The molecule has 0 aliphatic heterocycles. The molecule has 3 heteroatoms. The highest BCUT2D eigenvalue weighted by Crippen LogP contribution is 2.23. The molecule has 2 nitrogen and oxygen atoms in total. The third kappa shape index (κ3) is 5.32. The summed E-state index contributed by atoms with van der Waals surface area (Å²) in [6.45, 7) is 0.786. The molecule has 21 heavy (non-hydrogen) atoms. The summed E-state index contributed by atoms with van der Waals surface area (Å²) in [5, 5.41) is 0. The van der Waals surface area contributed by atoms with Crippen molar-refractivity contribution < 1.29 is 9.47 Å². The number of rotatable bonds is 8. The van der Waals surface area contributed by atoms with Crippen molar-refractivity contribution >= 4 is 22.6 Å². The lowest BCUT2D eigenvalue weighted by atomic mass is 10.1. The number of alkyl halides is 1. The predicted octanol–water partition coefficient (Wildman–Crippen LogP) is 4.82. The Bertz CT molecular complexity index is 511. The van der Waals surface area contributed by atoms with Gasteiger partial charge >= 0.3 is 0 Å². The molecule has 2 aromatic rings. The van der Waals surface area contributed by atoms with Crippen LogP contribution in [0.25, 0.3) is 0 Å². The van der Waals surface area contributed by atoms with Crippen molar-refractivity contribution in [3.05, 3.63) is 65.7 Å². The summed E-state index contributed by atoms with van der Waals surface area (Å²) < 4.78 is 12.2. The van der Waals surface area contributed by atoms with E-state index in [4.69, 9.17) is 9.47 Å². The molecule has 0 amide bonds. The minimum atomic E-state index is 0.160. The van der Waals surface area contributed by atoms with E-state index in [1.54, 1.807) is 7.11 Å². The molecule has 2 aromatic carbocycles. The number of halogens is 1. The first-order chi connectivity index (χ1) is 10.3. The number of aryl methyl sites for hydroxylation is 1. The number of methoxy groups -OCH3 is 1. The van der Waals surface area contributed by atoms with Crippen molar-refractivity contribution in [2.45, 2.75) is 18.9 Å². The molecule has 2 rings (SSSR count). The minimum Gasteiger partial charge on any atom is -0.497 e. The van der Waals surface area contributed by atoms with Crippen LogP contribution in [-0.2, 0) is 11.2 Å². The lowest BCUT2D eigenvalue weighted by molar-refractivity contribution is 0.0693. The fraction of sp³-hybridized carbons (Fsp3) is 0.333. The fourth-order valence-corrected chi connectivity index (χ4v) is 2.96. The minimum absolute atomic E-state index is 0.160. The summed E-state index contributed by atoms with van der Waals surface area (Å²) in [6.07, 6.45) is 2.28. The average molecular weight is 396 g/mol. The van der Waals surface area contributed by atoms with Crippen LogP contribution in [0.4, 0.5) is 0 Å². The third-order valence-corrected chi connectivity index (χ3v) is 4.20. The Balaban J connectivity index is 1.79. The molecular formula is C18H21IO2. The molecule has 1 atom stereocenters. The quantitative estimate of drug-likeness (QED) is 0.362. The molecule has 1 unspecified atom stereocenters. The first kappa shape index (κ1) is 16.3. The van der Waals surface area contributed by atoms with Gasteiger partial charge in [-0.25, -0.2) is 0 Å². The third-order valence-electron chi connectivity index (χ3n) is 3.40. The van der Waals surface area contributed by atoms with Gasteiger partial charge in [-0.15, -0.1) is 0 Å². The summed E-state index contributed by atoms with van der Waals surface area (Å²) in [5.74, 6) is 0.884. The Morgan fingerprint density at radius 3 is 2.33 bits per heavy atom. The Labute approximate surface area is 140 Å². The van der Waals surface area contributed by atoms with Gasteiger partial charge in [0.2, 0.25) is 0 Å². The molecule has 0 aliphatic carbocycles. The predicted molar refractivity (Wildman–Crippen MR) is 95.3 cm³/mol. The normalized spacial score (nSPS) is 12.1. The van der Waals surface area contributed by atoms with E-state index < -0.39 is 0 Å². The summed E-state index contributed by atoms with van der Waals surface area (Å²) in [6, 6.07) is 18.7. The van der Waals surface area contributed by atoms with Crippen molar-refractivity contribution in [3.8, 4) is 5.75 Å². The smallest absolute Gasteiger partial charge is 0.118 e. The molecule has 0 N–H and O–H groups in total. The molecule has 0 spiro atoms. The Kier molecular flexibility index (Phi) is 7.03. The zero-order valence-corrected chi connectivity index (χ0v) is 14.5. The first-order valence-corrected chi connectivity index (χ1v) is 8.71. The first-order valence-electron chi connectivity index (χ1n) is 7.19. The van der Waals surface area contributed by atoms with Crippen LogP contribution >= 0.6 is 22.6 Å². The van der Waals surface area contributed by atoms with Gasteiger partial charge in [-0.3, -0.25) is 0 Å². The summed E-state index contributed by atoms with van der Waals surface area (Å²) in [7, 11) is 1.69. The van der Waals surface area contributed by atoms with Crippen LogP contribution in [0.15, 0.2) is 54.6 Å².